The van der Waals surface area contributed by atoms with Crippen molar-refractivity contribution in [2.75, 3.05) is 27.9 Å². The fraction of sp³-hybridized carbons (Fsp3) is 0.185. The van der Waals surface area contributed by atoms with Gasteiger partial charge >= 0.3 is 6.18 Å². The van der Waals surface area contributed by atoms with Gasteiger partial charge in [0.2, 0.25) is 11.2 Å². The molecule has 37 heavy (non-hydrogen) atoms. The molecular weight excluding hydrogens is 493 g/mol. The van der Waals surface area contributed by atoms with Crippen LogP contribution in [0.4, 0.5) is 13.2 Å². The Kier molecular flexibility index (Phi) is 7.10. The molecule has 0 radical (unpaired) electrons. The summed E-state index contributed by atoms with van der Waals surface area (Å²) in [5, 5.41) is -0.0911. The van der Waals surface area contributed by atoms with Gasteiger partial charge in [0, 0.05) is 11.6 Å². The van der Waals surface area contributed by atoms with Crippen molar-refractivity contribution in [2.24, 2.45) is 0 Å². The highest BCUT2D eigenvalue weighted by molar-refractivity contribution is 5.97. The third kappa shape index (κ3) is 5.23. The van der Waals surface area contributed by atoms with E-state index in [-0.39, 0.29) is 46.2 Å². The minimum Gasteiger partial charge on any atom is -0.497 e. The number of methoxy groups -OCH3 is 3. The van der Waals surface area contributed by atoms with Gasteiger partial charge in [0.1, 0.15) is 17.1 Å². The molecule has 4 aromatic rings. The molecule has 0 atom stereocenters. The summed E-state index contributed by atoms with van der Waals surface area (Å²) in [6.45, 7) is -0.377. The Morgan fingerprint density at radius 1 is 0.838 bits per heavy atom. The van der Waals surface area contributed by atoms with E-state index in [1.165, 1.54) is 51.7 Å². The summed E-state index contributed by atoms with van der Waals surface area (Å²) in [7, 11) is 4.21. The summed E-state index contributed by atoms with van der Waals surface area (Å²) in [4.78, 5) is 25.6. The SMILES string of the molecule is COc1ccc(C(=O)COc2ccc3c(=O)c(-c4ccc(OC)c(OC)c4)c(C(F)(F)F)oc3c2)cc1. The number of fused-ring (bicyclic) bond motifs is 1. The number of halogens is 3. The van der Waals surface area contributed by atoms with Crippen molar-refractivity contribution in [3.05, 3.63) is 82.2 Å². The lowest BCUT2D eigenvalue weighted by molar-refractivity contribution is -0.152. The first-order chi connectivity index (χ1) is 17.7. The minimum absolute atomic E-state index is 0.0500. The molecule has 0 fully saturated rings. The molecule has 0 aliphatic rings. The number of benzene rings is 3. The average Bonchev–Trinajstić information content (AvgIpc) is 2.90. The van der Waals surface area contributed by atoms with E-state index < -0.39 is 22.9 Å². The zero-order valence-corrected chi connectivity index (χ0v) is 20.0. The zero-order chi connectivity index (χ0) is 26.7. The standard InChI is InChI=1S/C27H21F3O7/c1-33-17-7-4-15(5-8-17)20(31)14-36-18-9-10-19-22(13-18)37-26(27(28,29)30)24(25(19)32)16-6-11-21(34-2)23(12-16)35-3/h4-13H,14H2,1-3H3. The highest BCUT2D eigenvalue weighted by Gasteiger charge is 2.39. The van der Waals surface area contributed by atoms with Crippen LogP contribution in [0.1, 0.15) is 16.1 Å². The van der Waals surface area contributed by atoms with Crippen molar-refractivity contribution in [3.63, 3.8) is 0 Å². The number of alkyl halides is 3. The third-order valence-electron chi connectivity index (χ3n) is 5.58. The quantitative estimate of drug-likeness (QED) is 0.276. The van der Waals surface area contributed by atoms with Crippen LogP contribution >= 0.6 is 0 Å². The summed E-state index contributed by atoms with van der Waals surface area (Å²) in [5.74, 6) is -0.749. The monoisotopic (exact) mass is 514 g/mol. The van der Waals surface area contributed by atoms with Gasteiger partial charge in [-0.1, -0.05) is 6.07 Å². The summed E-state index contributed by atoms with van der Waals surface area (Å²) in [5.41, 5.74) is -1.57. The maximum absolute atomic E-state index is 14.0. The van der Waals surface area contributed by atoms with Crippen LogP contribution in [-0.2, 0) is 6.18 Å². The van der Waals surface area contributed by atoms with Crippen LogP contribution < -0.4 is 24.4 Å². The molecule has 0 N–H and O–H groups in total. The lowest BCUT2D eigenvalue weighted by Gasteiger charge is -2.15. The second-order valence-electron chi connectivity index (χ2n) is 7.80. The number of hydrogen-bond acceptors (Lipinski definition) is 7. The average molecular weight is 514 g/mol. The maximum atomic E-state index is 14.0. The predicted molar refractivity (Wildman–Crippen MR) is 129 cm³/mol. The summed E-state index contributed by atoms with van der Waals surface area (Å²) in [6.07, 6.45) is -4.98. The van der Waals surface area contributed by atoms with Gasteiger partial charge in [-0.25, -0.2) is 0 Å². The van der Waals surface area contributed by atoms with E-state index in [4.69, 9.17) is 23.4 Å². The number of ketones is 1. The molecule has 0 spiro atoms. The molecular formula is C27H21F3O7. The summed E-state index contributed by atoms with van der Waals surface area (Å²) >= 11 is 0. The van der Waals surface area contributed by atoms with Gasteiger partial charge in [-0.2, -0.15) is 13.2 Å². The van der Waals surface area contributed by atoms with Gasteiger partial charge < -0.3 is 23.4 Å². The van der Waals surface area contributed by atoms with Crippen LogP contribution in [0, 0.1) is 0 Å². The predicted octanol–water partition coefficient (Wildman–Crippen LogP) is 5.77. The Balaban J connectivity index is 1.71. The molecule has 0 saturated carbocycles. The van der Waals surface area contributed by atoms with Gasteiger partial charge in [-0.15, -0.1) is 0 Å². The molecule has 3 aromatic carbocycles. The Morgan fingerprint density at radius 3 is 2.14 bits per heavy atom. The summed E-state index contributed by atoms with van der Waals surface area (Å²) in [6, 6.07) is 14.2. The summed E-state index contributed by atoms with van der Waals surface area (Å²) < 4.78 is 68.0. The van der Waals surface area contributed by atoms with Crippen molar-refractivity contribution in [3.8, 4) is 34.1 Å². The van der Waals surface area contributed by atoms with Crippen LogP contribution in [0.15, 0.2) is 69.9 Å². The van der Waals surface area contributed by atoms with Gasteiger partial charge in [0.25, 0.3) is 0 Å². The Morgan fingerprint density at radius 2 is 1.51 bits per heavy atom. The smallest absolute Gasteiger partial charge is 0.450 e. The largest absolute Gasteiger partial charge is 0.497 e. The zero-order valence-electron chi connectivity index (χ0n) is 20.0. The molecule has 0 bridgehead atoms. The lowest BCUT2D eigenvalue weighted by atomic mass is 10.0. The first-order valence-corrected chi connectivity index (χ1v) is 10.9. The van der Waals surface area contributed by atoms with Gasteiger partial charge in [0.05, 0.1) is 32.3 Å². The minimum atomic E-state index is -4.98. The fourth-order valence-electron chi connectivity index (χ4n) is 3.73. The van der Waals surface area contributed by atoms with E-state index in [0.29, 0.717) is 11.3 Å². The molecule has 0 amide bonds. The van der Waals surface area contributed by atoms with Crippen LogP contribution in [0.2, 0.25) is 0 Å². The first-order valence-electron chi connectivity index (χ1n) is 10.9. The van der Waals surface area contributed by atoms with Crippen molar-refractivity contribution in [1.82, 2.24) is 0 Å². The molecule has 0 aliphatic carbocycles. The highest BCUT2D eigenvalue weighted by Crippen LogP contribution is 2.40. The van der Waals surface area contributed by atoms with Crippen molar-refractivity contribution in [1.29, 1.82) is 0 Å². The Hall–Kier alpha value is -4.47. The van der Waals surface area contributed by atoms with Gasteiger partial charge in [0.15, 0.2) is 23.9 Å². The maximum Gasteiger partial charge on any atom is 0.450 e. The molecule has 1 heterocycles. The van der Waals surface area contributed by atoms with E-state index in [1.807, 2.05) is 0 Å². The second kappa shape index (κ2) is 10.3. The number of hydrogen-bond donors (Lipinski definition) is 0. The van der Waals surface area contributed by atoms with Crippen molar-refractivity contribution in [2.45, 2.75) is 6.18 Å². The number of carbonyl (C=O) groups excluding carboxylic acids is 1. The van der Waals surface area contributed by atoms with Crippen LogP contribution in [0.3, 0.4) is 0 Å². The van der Waals surface area contributed by atoms with Crippen LogP contribution in [0.25, 0.3) is 22.1 Å². The molecule has 0 aliphatic heterocycles. The number of rotatable bonds is 8. The van der Waals surface area contributed by atoms with E-state index >= 15 is 0 Å². The number of ether oxygens (including phenoxy) is 4. The molecule has 10 heteroatoms. The fourth-order valence-corrected chi connectivity index (χ4v) is 3.73. The third-order valence-corrected chi connectivity index (χ3v) is 5.58. The van der Waals surface area contributed by atoms with Crippen molar-refractivity contribution >= 4 is 16.8 Å². The molecule has 1 aromatic heterocycles. The van der Waals surface area contributed by atoms with E-state index in [1.54, 1.807) is 24.3 Å². The second-order valence-corrected chi connectivity index (χ2v) is 7.80. The molecule has 7 nitrogen and oxygen atoms in total. The van der Waals surface area contributed by atoms with Crippen molar-refractivity contribution < 1.29 is 41.3 Å². The molecule has 0 unspecified atom stereocenters. The topological polar surface area (TPSA) is 84.2 Å². The number of Topliss-reactive ketones (excluding diaryl/α,β-unsaturated/α-hetero) is 1. The van der Waals surface area contributed by atoms with Gasteiger partial charge in [-0.05, 0) is 54.1 Å². The van der Waals surface area contributed by atoms with Crippen LogP contribution in [0.5, 0.6) is 23.0 Å². The normalized spacial score (nSPS) is 11.3. The first kappa shape index (κ1) is 25.6. The molecule has 4 rings (SSSR count). The Bertz CT molecular complexity index is 1510. The van der Waals surface area contributed by atoms with Crippen LogP contribution in [-0.4, -0.2) is 33.7 Å². The van der Waals surface area contributed by atoms with Gasteiger partial charge in [-0.3, -0.25) is 9.59 Å². The highest BCUT2D eigenvalue weighted by atomic mass is 19.4. The van der Waals surface area contributed by atoms with E-state index in [9.17, 15) is 22.8 Å². The Labute approximate surface area is 208 Å². The number of carbonyl (C=O) groups is 1. The molecule has 192 valence electrons. The van der Waals surface area contributed by atoms with E-state index in [0.717, 1.165) is 6.07 Å². The molecule has 0 saturated heterocycles. The lowest BCUT2D eigenvalue weighted by Crippen LogP contribution is -2.16. The van der Waals surface area contributed by atoms with E-state index in [2.05, 4.69) is 0 Å².